The quantitative estimate of drug-likeness (QED) is 0.791. The number of hydrogen-bond donors (Lipinski definition) is 3. The van der Waals surface area contributed by atoms with Crippen molar-refractivity contribution in [1.82, 2.24) is 5.32 Å². The number of carboxylic acids is 1. The molecule has 3 N–H and O–H groups in total. The van der Waals surface area contributed by atoms with Crippen LogP contribution in [0.15, 0.2) is 18.2 Å². The highest BCUT2D eigenvalue weighted by molar-refractivity contribution is 6.34. The molecule has 0 radical (unpaired) electrons. The van der Waals surface area contributed by atoms with Gasteiger partial charge in [-0.2, -0.15) is 0 Å². The molecule has 1 aliphatic rings. The number of carbonyl (C=O) groups is 2. The molecule has 0 saturated carbocycles. The van der Waals surface area contributed by atoms with Crippen LogP contribution < -0.4 is 10.6 Å². The average molecular weight is 285 g/mol. The number of rotatable bonds is 3. The van der Waals surface area contributed by atoms with Crippen molar-refractivity contribution in [2.75, 3.05) is 18.5 Å². The molecule has 6 nitrogen and oxygen atoms in total. The van der Waals surface area contributed by atoms with Crippen LogP contribution in [-0.4, -0.2) is 36.4 Å². The van der Waals surface area contributed by atoms with E-state index in [0.717, 1.165) is 6.42 Å². The van der Waals surface area contributed by atoms with E-state index in [9.17, 15) is 9.59 Å². The maximum Gasteiger partial charge on any atom is 0.335 e. The Labute approximate surface area is 114 Å². The van der Waals surface area contributed by atoms with Gasteiger partial charge in [0.05, 0.1) is 28.9 Å². The highest BCUT2D eigenvalue weighted by Crippen LogP contribution is 2.23. The third-order valence-electron chi connectivity index (χ3n) is 2.73. The summed E-state index contributed by atoms with van der Waals surface area (Å²) in [4.78, 5) is 22.4. The average Bonchev–Trinajstić information content (AvgIpc) is 2.84. The van der Waals surface area contributed by atoms with Gasteiger partial charge in [0, 0.05) is 6.61 Å². The fourth-order valence-corrected chi connectivity index (χ4v) is 1.97. The molecule has 1 unspecified atom stereocenters. The summed E-state index contributed by atoms with van der Waals surface area (Å²) in [6.07, 6.45) is 0.777. The van der Waals surface area contributed by atoms with Crippen molar-refractivity contribution < 1.29 is 19.4 Å². The number of amides is 2. The van der Waals surface area contributed by atoms with Crippen molar-refractivity contribution in [1.29, 1.82) is 0 Å². The number of anilines is 1. The van der Waals surface area contributed by atoms with Crippen LogP contribution in [0.1, 0.15) is 16.8 Å². The summed E-state index contributed by atoms with van der Waals surface area (Å²) < 4.78 is 5.14. The van der Waals surface area contributed by atoms with Gasteiger partial charge in [-0.05, 0) is 24.6 Å². The minimum absolute atomic E-state index is 0.00271. The number of carbonyl (C=O) groups excluding carboxylic acids is 1. The molecular weight excluding hydrogens is 272 g/mol. The second-order valence-electron chi connectivity index (χ2n) is 4.16. The standard InChI is InChI=1S/C12H13ClN2O4/c13-9-5-7(11(16)17)1-2-10(9)15-12(18)14-8-3-4-19-6-8/h1-2,5,8H,3-4,6H2,(H,16,17)(H2,14,15,18). The summed E-state index contributed by atoms with van der Waals surface area (Å²) in [5.41, 5.74) is 0.434. The molecule has 2 rings (SSSR count). The fourth-order valence-electron chi connectivity index (χ4n) is 1.74. The van der Waals surface area contributed by atoms with Crippen molar-refractivity contribution in [3.8, 4) is 0 Å². The number of nitrogens with one attached hydrogen (secondary N) is 2. The van der Waals surface area contributed by atoms with Crippen molar-refractivity contribution in [2.24, 2.45) is 0 Å². The minimum atomic E-state index is -1.07. The fraction of sp³-hybridized carbons (Fsp3) is 0.333. The molecular formula is C12H13ClN2O4. The highest BCUT2D eigenvalue weighted by atomic mass is 35.5. The number of ether oxygens (including phenoxy) is 1. The lowest BCUT2D eigenvalue weighted by Crippen LogP contribution is -2.38. The largest absolute Gasteiger partial charge is 0.478 e. The Morgan fingerprint density at radius 2 is 2.21 bits per heavy atom. The van der Waals surface area contributed by atoms with E-state index in [2.05, 4.69) is 10.6 Å². The van der Waals surface area contributed by atoms with Crippen molar-refractivity contribution >= 4 is 29.3 Å². The van der Waals surface area contributed by atoms with Crippen molar-refractivity contribution in [2.45, 2.75) is 12.5 Å². The normalized spacial score (nSPS) is 18.1. The summed E-state index contributed by atoms with van der Waals surface area (Å²) >= 11 is 5.90. The molecule has 1 heterocycles. The van der Waals surface area contributed by atoms with Crippen LogP contribution in [0.25, 0.3) is 0 Å². The molecule has 1 aliphatic heterocycles. The van der Waals surface area contributed by atoms with E-state index >= 15 is 0 Å². The van der Waals surface area contributed by atoms with Gasteiger partial charge in [-0.3, -0.25) is 0 Å². The first-order valence-electron chi connectivity index (χ1n) is 5.74. The number of benzene rings is 1. The molecule has 1 aromatic carbocycles. The van der Waals surface area contributed by atoms with Gasteiger partial charge in [-0.1, -0.05) is 11.6 Å². The van der Waals surface area contributed by atoms with Gasteiger partial charge >= 0.3 is 12.0 Å². The molecule has 102 valence electrons. The molecule has 2 amide bonds. The number of urea groups is 1. The monoisotopic (exact) mass is 284 g/mol. The van der Waals surface area contributed by atoms with Crippen LogP contribution >= 0.6 is 11.6 Å². The van der Waals surface area contributed by atoms with E-state index < -0.39 is 5.97 Å². The number of aromatic carboxylic acids is 1. The molecule has 1 aromatic rings. The zero-order chi connectivity index (χ0) is 13.8. The van der Waals surface area contributed by atoms with Gasteiger partial charge in [-0.15, -0.1) is 0 Å². The summed E-state index contributed by atoms with van der Waals surface area (Å²) in [6.45, 7) is 1.14. The van der Waals surface area contributed by atoms with Crippen LogP contribution in [0.2, 0.25) is 5.02 Å². The molecule has 0 aromatic heterocycles. The van der Waals surface area contributed by atoms with Crippen LogP contribution in [0.5, 0.6) is 0 Å². The first-order chi connectivity index (χ1) is 9.06. The van der Waals surface area contributed by atoms with Crippen molar-refractivity contribution in [3.63, 3.8) is 0 Å². The molecule has 0 spiro atoms. The molecule has 1 saturated heterocycles. The first-order valence-corrected chi connectivity index (χ1v) is 6.12. The second-order valence-corrected chi connectivity index (χ2v) is 4.57. The van der Waals surface area contributed by atoms with Gasteiger partial charge in [0.25, 0.3) is 0 Å². The SMILES string of the molecule is O=C(Nc1ccc(C(=O)O)cc1Cl)NC1CCOC1. The number of halogens is 1. The maximum atomic E-state index is 11.7. The maximum absolute atomic E-state index is 11.7. The zero-order valence-electron chi connectivity index (χ0n) is 9.98. The summed E-state index contributed by atoms with van der Waals surface area (Å²) in [7, 11) is 0. The van der Waals surface area contributed by atoms with Crippen LogP contribution in [0, 0.1) is 0 Å². The summed E-state index contributed by atoms with van der Waals surface area (Å²) in [6, 6.07) is 3.73. The van der Waals surface area contributed by atoms with Gasteiger partial charge in [-0.25, -0.2) is 9.59 Å². The number of carboxylic acid groups (broad SMARTS) is 1. The lowest BCUT2D eigenvalue weighted by molar-refractivity contribution is 0.0697. The third kappa shape index (κ3) is 3.59. The van der Waals surface area contributed by atoms with Crippen molar-refractivity contribution in [3.05, 3.63) is 28.8 Å². The summed E-state index contributed by atoms with van der Waals surface area (Å²) in [5.74, 6) is -1.07. The van der Waals surface area contributed by atoms with Gasteiger partial charge in [0.15, 0.2) is 0 Å². The van der Waals surface area contributed by atoms with E-state index in [4.69, 9.17) is 21.4 Å². The van der Waals surface area contributed by atoms with E-state index in [-0.39, 0.29) is 22.7 Å². The predicted molar refractivity (Wildman–Crippen MR) is 69.8 cm³/mol. The van der Waals surface area contributed by atoms with E-state index in [1.54, 1.807) is 0 Å². The van der Waals surface area contributed by atoms with E-state index in [1.807, 2.05) is 0 Å². The Morgan fingerprint density at radius 1 is 1.42 bits per heavy atom. The molecule has 1 fully saturated rings. The van der Waals surface area contributed by atoms with E-state index in [1.165, 1.54) is 18.2 Å². The number of hydrogen-bond acceptors (Lipinski definition) is 3. The Hall–Kier alpha value is -1.79. The summed E-state index contributed by atoms with van der Waals surface area (Å²) in [5, 5.41) is 14.3. The smallest absolute Gasteiger partial charge is 0.335 e. The third-order valence-corrected chi connectivity index (χ3v) is 3.04. The Bertz CT molecular complexity index is 501. The molecule has 0 bridgehead atoms. The molecule has 1 atom stereocenters. The lowest BCUT2D eigenvalue weighted by Gasteiger charge is -2.12. The van der Waals surface area contributed by atoms with Crippen LogP contribution in [0.4, 0.5) is 10.5 Å². The topological polar surface area (TPSA) is 87.7 Å². The predicted octanol–water partition coefficient (Wildman–Crippen LogP) is 1.95. The van der Waals surface area contributed by atoms with Crippen LogP contribution in [-0.2, 0) is 4.74 Å². The molecule has 19 heavy (non-hydrogen) atoms. The lowest BCUT2D eigenvalue weighted by atomic mass is 10.2. The second kappa shape index (κ2) is 5.90. The van der Waals surface area contributed by atoms with Gasteiger partial charge in [0.1, 0.15) is 0 Å². The van der Waals surface area contributed by atoms with Gasteiger partial charge < -0.3 is 20.5 Å². The van der Waals surface area contributed by atoms with E-state index in [0.29, 0.717) is 18.9 Å². The van der Waals surface area contributed by atoms with Crippen LogP contribution in [0.3, 0.4) is 0 Å². The zero-order valence-corrected chi connectivity index (χ0v) is 10.7. The first kappa shape index (κ1) is 13.6. The minimum Gasteiger partial charge on any atom is -0.478 e. The molecule has 7 heteroatoms. The highest BCUT2D eigenvalue weighted by Gasteiger charge is 2.18. The molecule has 0 aliphatic carbocycles. The Morgan fingerprint density at radius 3 is 2.79 bits per heavy atom. The van der Waals surface area contributed by atoms with Gasteiger partial charge in [0.2, 0.25) is 0 Å². The Kier molecular flexibility index (Phi) is 4.24. The Balaban J connectivity index is 1.98.